The Morgan fingerprint density at radius 1 is 0.887 bits per heavy atom. The highest BCUT2D eigenvalue weighted by Gasteiger charge is 2.42. The van der Waals surface area contributed by atoms with Gasteiger partial charge in [-0.2, -0.15) is 0 Å². The van der Waals surface area contributed by atoms with Crippen LogP contribution in [0.25, 0.3) is 0 Å². The predicted molar refractivity (Wildman–Crippen MR) is 197 cm³/mol. The number of nitrogens with zero attached hydrogens (tertiary/aromatic N) is 1. The molecule has 0 saturated carbocycles. The molecule has 1 saturated heterocycles. The third-order valence-corrected chi connectivity index (χ3v) is 9.09. The Morgan fingerprint density at radius 2 is 1.49 bits per heavy atom. The summed E-state index contributed by atoms with van der Waals surface area (Å²) in [5, 5.41) is 11.2. The Bertz CT molecular complexity index is 2140. The van der Waals surface area contributed by atoms with Crippen molar-refractivity contribution in [3.8, 4) is 23.3 Å². The second-order valence-corrected chi connectivity index (χ2v) is 12.5. The lowest BCUT2D eigenvalue weighted by Crippen LogP contribution is -2.38. The molecule has 0 radical (unpaired) electrons. The topological polar surface area (TPSA) is 138 Å². The quantitative estimate of drug-likeness (QED) is 0.0780. The normalized spacial score (nSPS) is 16.7. The predicted octanol–water partition coefficient (Wildman–Crippen LogP) is 5.12. The van der Waals surface area contributed by atoms with Crippen LogP contribution in [0.3, 0.4) is 0 Å². The van der Waals surface area contributed by atoms with E-state index in [9.17, 15) is 19.5 Å². The van der Waals surface area contributed by atoms with E-state index in [4.69, 9.17) is 23.7 Å². The highest BCUT2D eigenvalue weighted by molar-refractivity contribution is 5.89. The second kappa shape index (κ2) is 16.6. The SMILES string of the molecule is COc1ccc(C(OCC2OC(n3cc(C#CCCOC(=O)c4ccc(C)cc4)c(=O)[nH]c3=O)CC2O)(c2ccccc2)c2ccc(OC)cc2)cc1. The number of aryl methyl sites for hydroxylation is 1. The first-order valence-corrected chi connectivity index (χ1v) is 17.1. The molecule has 1 fully saturated rings. The number of esters is 1. The number of hydrogen-bond acceptors (Lipinski definition) is 9. The first-order valence-electron chi connectivity index (χ1n) is 17.1. The fraction of sp³-hybridized carbons (Fsp3) is 0.262. The highest BCUT2D eigenvalue weighted by Crippen LogP contribution is 2.42. The van der Waals surface area contributed by atoms with Gasteiger partial charge in [0.15, 0.2) is 0 Å². The number of rotatable bonds is 12. The molecule has 5 aromatic rings. The van der Waals surface area contributed by atoms with Crippen LogP contribution in [0.2, 0.25) is 0 Å². The summed E-state index contributed by atoms with van der Waals surface area (Å²) in [4.78, 5) is 40.2. The minimum atomic E-state index is -1.15. The number of aliphatic hydroxyl groups excluding tert-OH is 1. The molecule has 2 N–H and O–H groups in total. The zero-order valence-corrected chi connectivity index (χ0v) is 29.6. The maximum absolute atomic E-state index is 13.0. The van der Waals surface area contributed by atoms with Gasteiger partial charge >= 0.3 is 11.7 Å². The first kappa shape index (κ1) is 36.8. The van der Waals surface area contributed by atoms with Gasteiger partial charge in [0.2, 0.25) is 0 Å². The lowest BCUT2D eigenvalue weighted by Gasteiger charge is -2.37. The van der Waals surface area contributed by atoms with E-state index in [1.165, 1.54) is 10.8 Å². The van der Waals surface area contributed by atoms with Crippen LogP contribution in [-0.2, 0) is 19.8 Å². The molecule has 2 heterocycles. The first-order chi connectivity index (χ1) is 25.7. The monoisotopic (exact) mass is 716 g/mol. The third-order valence-electron chi connectivity index (χ3n) is 9.09. The molecular weight excluding hydrogens is 676 g/mol. The molecule has 53 heavy (non-hydrogen) atoms. The Morgan fingerprint density at radius 3 is 2.09 bits per heavy atom. The van der Waals surface area contributed by atoms with E-state index in [-0.39, 0.29) is 31.6 Å². The molecule has 0 aliphatic carbocycles. The molecule has 11 nitrogen and oxygen atoms in total. The summed E-state index contributed by atoms with van der Waals surface area (Å²) in [5.74, 6) is 6.47. The summed E-state index contributed by atoms with van der Waals surface area (Å²) in [6, 6.07) is 31.9. The van der Waals surface area contributed by atoms with Crippen molar-refractivity contribution in [2.75, 3.05) is 27.4 Å². The van der Waals surface area contributed by atoms with Gasteiger partial charge in [-0.05, 0) is 60.0 Å². The number of carbonyl (C=O) groups excluding carboxylic acids is 1. The lowest BCUT2D eigenvalue weighted by atomic mass is 9.80. The Balaban J connectivity index is 1.21. The van der Waals surface area contributed by atoms with Gasteiger partial charge in [0.1, 0.15) is 41.6 Å². The number of nitrogens with one attached hydrogen (secondary N) is 1. The van der Waals surface area contributed by atoms with Crippen LogP contribution in [0, 0.1) is 18.8 Å². The van der Waals surface area contributed by atoms with E-state index < -0.39 is 41.3 Å². The summed E-state index contributed by atoms with van der Waals surface area (Å²) >= 11 is 0. The number of ether oxygens (including phenoxy) is 5. The minimum absolute atomic E-state index is 0.0222. The number of aromatic nitrogens is 2. The van der Waals surface area contributed by atoms with E-state index in [1.807, 2.05) is 97.9 Å². The van der Waals surface area contributed by atoms with E-state index >= 15 is 0 Å². The van der Waals surface area contributed by atoms with Gasteiger partial charge in [0.05, 0.1) is 32.5 Å². The van der Waals surface area contributed by atoms with Gasteiger partial charge in [-0.15, -0.1) is 0 Å². The van der Waals surface area contributed by atoms with Crippen LogP contribution >= 0.6 is 0 Å². The van der Waals surface area contributed by atoms with E-state index in [2.05, 4.69) is 16.8 Å². The van der Waals surface area contributed by atoms with Crippen molar-refractivity contribution in [1.29, 1.82) is 0 Å². The largest absolute Gasteiger partial charge is 0.497 e. The smallest absolute Gasteiger partial charge is 0.338 e. The van der Waals surface area contributed by atoms with Gasteiger partial charge in [-0.1, -0.05) is 84.1 Å². The maximum Gasteiger partial charge on any atom is 0.338 e. The van der Waals surface area contributed by atoms with Crippen LogP contribution in [0.4, 0.5) is 0 Å². The molecular formula is C42H40N2O9. The Kier molecular flexibility index (Phi) is 11.5. The molecule has 3 atom stereocenters. The van der Waals surface area contributed by atoms with Crippen molar-refractivity contribution >= 4 is 5.97 Å². The van der Waals surface area contributed by atoms with Crippen LogP contribution in [0.1, 0.15) is 57.2 Å². The number of hydrogen-bond donors (Lipinski definition) is 2. The molecule has 0 amide bonds. The van der Waals surface area contributed by atoms with Gasteiger partial charge < -0.3 is 28.8 Å². The van der Waals surface area contributed by atoms with Crippen molar-refractivity contribution in [2.45, 2.75) is 43.8 Å². The lowest BCUT2D eigenvalue weighted by molar-refractivity contribution is -0.0944. The van der Waals surface area contributed by atoms with Gasteiger partial charge in [-0.3, -0.25) is 14.3 Å². The highest BCUT2D eigenvalue weighted by atomic mass is 16.6. The van der Waals surface area contributed by atoms with Gasteiger partial charge in [0.25, 0.3) is 5.56 Å². The van der Waals surface area contributed by atoms with Crippen LogP contribution in [0.15, 0.2) is 119 Å². The summed E-state index contributed by atoms with van der Waals surface area (Å²) in [7, 11) is 3.20. The van der Waals surface area contributed by atoms with Crippen molar-refractivity contribution in [3.05, 3.63) is 164 Å². The number of H-pyrrole nitrogens is 1. The average molecular weight is 717 g/mol. The molecule has 1 aliphatic rings. The van der Waals surface area contributed by atoms with E-state index in [0.717, 1.165) is 22.3 Å². The molecule has 1 aromatic heterocycles. The van der Waals surface area contributed by atoms with Crippen molar-refractivity contribution in [1.82, 2.24) is 9.55 Å². The Hall–Kier alpha value is -5.93. The van der Waals surface area contributed by atoms with E-state index in [1.54, 1.807) is 26.4 Å². The third kappa shape index (κ3) is 8.26. The summed E-state index contributed by atoms with van der Waals surface area (Å²) in [6.45, 7) is 1.89. The van der Waals surface area contributed by atoms with Gasteiger partial charge in [-0.25, -0.2) is 9.59 Å². The van der Waals surface area contributed by atoms with Crippen molar-refractivity contribution in [3.63, 3.8) is 0 Å². The zero-order valence-electron chi connectivity index (χ0n) is 29.6. The van der Waals surface area contributed by atoms with Crippen LogP contribution in [-0.4, -0.2) is 60.3 Å². The molecule has 6 rings (SSSR count). The summed E-state index contributed by atoms with van der Waals surface area (Å²) in [5.41, 5.74) is 1.42. The molecule has 4 aromatic carbocycles. The second-order valence-electron chi connectivity index (χ2n) is 12.5. The molecule has 0 bridgehead atoms. The maximum atomic E-state index is 13.0. The molecule has 0 spiro atoms. The molecule has 1 aliphatic heterocycles. The fourth-order valence-corrected chi connectivity index (χ4v) is 6.23. The summed E-state index contributed by atoms with van der Waals surface area (Å²) in [6.07, 6.45) is -1.21. The van der Waals surface area contributed by atoms with E-state index in [0.29, 0.717) is 17.1 Å². The average Bonchev–Trinajstić information content (AvgIpc) is 3.56. The Labute approximate surface area is 306 Å². The number of aliphatic hydroxyl groups is 1. The van der Waals surface area contributed by atoms with Crippen molar-refractivity contribution in [2.24, 2.45) is 0 Å². The molecule has 11 heteroatoms. The van der Waals surface area contributed by atoms with Gasteiger partial charge in [0, 0.05) is 19.0 Å². The van der Waals surface area contributed by atoms with Crippen molar-refractivity contribution < 1.29 is 33.6 Å². The van der Waals surface area contributed by atoms with Crippen LogP contribution < -0.4 is 20.7 Å². The number of aromatic amines is 1. The number of benzene rings is 4. The number of carbonyl (C=O) groups is 1. The minimum Gasteiger partial charge on any atom is -0.497 e. The standard InChI is InChI=1S/C42H40N2O9/c1-28-12-14-29(15-13-28)40(47)51-24-8-7-9-30-26-44(41(48)43-39(30)46)38-25-36(45)37(53-38)27-52-42(31-10-5-4-6-11-31,32-16-20-34(49-2)21-17-32)33-18-22-35(50-3)23-19-33/h4-6,10-23,26,36-38,45H,8,24-25,27H2,1-3H3,(H,43,46,48). The fourth-order valence-electron chi connectivity index (χ4n) is 6.23. The number of methoxy groups -OCH3 is 2. The molecule has 272 valence electrons. The molecule has 3 unspecified atom stereocenters. The zero-order chi connectivity index (χ0) is 37.4. The van der Waals surface area contributed by atoms with Crippen LogP contribution in [0.5, 0.6) is 11.5 Å². The summed E-state index contributed by atoms with van der Waals surface area (Å²) < 4.78 is 30.5.